The van der Waals surface area contributed by atoms with Crippen LogP contribution in [0.25, 0.3) is 0 Å². The lowest BCUT2D eigenvalue weighted by Gasteiger charge is -2.16. The molecule has 3 N–H and O–H groups in total. The Balaban J connectivity index is 2.54. The number of carboxylic acid groups (broad SMARTS) is 1. The molecule has 0 aliphatic heterocycles. The van der Waals surface area contributed by atoms with Gasteiger partial charge in [-0.05, 0) is 18.2 Å². The third-order valence-corrected chi connectivity index (χ3v) is 3.29. The Kier molecular flexibility index (Phi) is 8.19. The fourth-order valence-electron chi connectivity index (χ4n) is 1.85. The number of carbonyl (C=O) groups is 2. The highest BCUT2D eigenvalue weighted by molar-refractivity contribution is 6.35. The minimum atomic E-state index is -1.28. The number of ether oxygens (including phenoxy) is 1. The molecule has 1 atom stereocenters. The summed E-state index contributed by atoms with van der Waals surface area (Å²) in [5, 5.41) is 15.9. The van der Waals surface area contributed by atoms with Crippen LogP contribution in [-0.4, -0.2) is 38.2 Å². The molecule has 0 saturated carbocycles. The SMILES string of the molecule is COCCC[NH2+][C@@H](CC(=O)Nc1cc(Cl)cc(Cl)c1)C(=O)[O-]. The van der Waals surface area contributed by atoms with E-state index in [1.165, 1.54) is 18.2 Å². The summed E-state index contributed by atoms with van der Waals surface area (Å²) in [6.07, 6.45) is 0.477. The van der Waals surface area contributed by atoms with E-state index < -0.39 is 17.9 Å². The van der Waals surface area contributed by atoms with E-state index >= 15 is 0 Å². The van der Waals surface area contributed by atoms with Crippen molar-refractivity contribution in [3.8, 4) is 0 Å². The molecule has 1 aromatic carbocycles. The lowest BCUT2D eigenvalue weighted by Crippen LogP contribution is -2.93. The van der Waals surface area contributed by atoms with E-state index in [1.54, 1.807) is 12.4 Å². The van der Waals surface area contributed by atoms with Crippen molar-refractivity contribution in [1.82, 2.24) is 0 Å². The lowest BCUT2D eigenvalue weighted by atomic mass is 10.2. The maximum Gasteiger partial charge on any atom is 0.230 e. The molecule has 22 heavy (non-hydrogen) atoms. The topological polar surface area (TPSA) is 95.1 Å². The monoisotopic (exact) mass is 348 g/mol. The van der Waals surface area contributed by atoms with Gasteiger partial charge in [-0.25, -0.2) is 0 Å². The second-order valence-corrected chi connectivity index (χ2v) is 5.58. The van der Waals surface area contributed by atoms with Crippen LogP contribution in [0.2, 0.25) is 10.0 Å². The minimum Gasteiger partial charge on any atom is -0.544 e. The van der Waals surface area contributed by atoms with Crippen LogP contribution < -0.4 is 15.7 Å². The van der Waals surface area contributed by atoms with Crippen LogP contribution in [0.1, 0.15) is 12.8 Å². The van der Waals surface area contributed by atoms with Crippen LogP contribution >= 0.6 is 23.2 Å². The number of methoxy groups -OCH3 is 1. The van der Waals surface area contributed by atoms with Gasteiger partial charge in [0.05, 0.1) is 25.5 Å². The Morgan fingerprint density at radius 3 is 2.50 bits per heavy atom. The number of aliphatic carboxylic acids is 1. The summed E-state index contributed by atoms with van der Waals surface area (Å²) in [4.78, 5) is 23.0. The number of amides is 1. The molecule has 0 heterocycles. The van der Waals surface area contributed by atoms with Gasteiger partial charge in [0.2, 0.25) is 5.91 Å². The number of nitrogens with two attached hydrogens (primary N) is 1. The zero-order chi connectivity index (χ0) is 16.5. The van der Waals surface area contributed by atoms with Gasteiger partial charge < -0.3 is 25.3 Å². The van der Waals surface area contributed by atoms with Crippen LogP contribution in [0.4, 0.5) is 5.69 Å². The number of rotatable bonds is 9. The molecular weight excluding hydrogens is 331 g/mol. The zero-order valence-corrected chi connectivity index (χ0v) is 13.6. The molecule has 0 aromatic heterocycles. The number of hydrogen-bond acceptors (Lipinski definition) is 4. The average molecular weight is 349 g/mol. The summed E-state index contributed by atoms with van der Waals surface area (Å²) in [7, 11) is 1.57. The molecule has 1 aromatic rings. The highest BCUT2D eigenvalue weighted by Crippen LogP contribution is 2.22. The van der Waals surface area contributed by atoms with Gasteiger partial charge in [0, 0.05) is 29.3 Å². The van der Waals surface area contributed by atoms with E-state index in [9.17, 15) is 14.7 Å². The number of carbonyl (C=O) groups excluding carboxylic acids is 2. The van der Waals surface area contributed by atoms with Gasteiger partial charge in [0.1, 0.15) is 6.04 Å². The average Bonchev–Trinajstić information content (AvgIpc) is 2.40. The zero-order valence-electron chi connectivity index (χ0n) is 12.1. The van der Waals surface area contributed by atoms with E-state index in [4.69, 9.17) is 27.9 Å². The van der Waals surface area contributed by atoms with Crippen LogP contribution in [0.5, 0.6) is 0 Å². The summed E-state index contributed by atoms with van der Waals surface area (Å²) in [5.74, 6) is -1.73. The number of halogens is 2. The van der Waals surface area contributed by atoms with Crippen LogP contribution in [-0.2, 0) is 14.3 Å². The molecule has 0 aliphatic rings. The molecule has 0 fully saturated rings. The number of carboxylic acids is 1. The number of quaternary nitrogens is 1. The minimum absolute atomic E-state index is 0.209. The normalized spacial score (nSPS) is 12.0. The third-order valence-electron chi connectivity index (χ3n) is 2.86. The molecular formula is C14H18Cl2N2O4. The molecule has 8 heteroatoms. The van der Waals surface area contributed by atoms with Gasteiger partial charge >= 0.3 is 0 Å². The van der Waals surface area contributed by atoms with Crippen molar-refractivity contribution in [3.05, 3.63) is 28.2 Å². The highest BCUT2D eigenvalue weighted by Gasteiger charge is 2.18. The third kappa shape index (κ3) is 7.09. The van der Waals surface area contributed by atoms with E-state index in [2.05, 4.69) is 5.32 Å². The van der Waals surface area contributed by atoms with Gasteiger partial charge in [-0.15, -0.1) is 0 Å². The standard InChI is InChI=1S/C14H18Cl2N2O4/c1-22-4-2-3-17-12(14(20)21)8-13(19)18-11-6-9(15)5-10(16)7-11/h5-7,12,17H,2-4,8H2,1H3,(H,18,19)(H,20,21)/t12-/m0/s1. The largest absolute Gasteiger partial charge is 0.544 e. The van der Waals surface area contributed by atoms with Crippen LogP contribution in [0.3, 0.4) is 0 Å². The Hall–Kier alpha value is -1.34. The highest BCUT2D eigenvalue weighted by atomic mass is 35.5. The Bertz CT molecular complexity index is 505. The summed E-state index contributed by atoms with van der Waals surface area (Å²) in [6.45, 7) is 1.06. The first kappa shape index (κ1) is 18.7. The van der Waals surface area contributed by atoms with Gasteiger partial charge in [0.15, 0.2) is 0 Å². The molecule has 0 radical (unpaired) electrons. The van der Waals surface area contributed by atoms with Crippen molar-refractivity contribution in [2.75, 3.05) is 25.6 Å². The Labute approximate surface area is 138 Å². The Morgan fingerprint density at radius 2 is 1.95 bits per heavy atom. The molecule has 1 amide bonds. The molecule has 6 nitrogen and oxygen atoms in total. The molecule has 0 saturated heterocycles. The summed E-state index contributed by atoms with van der Waals surface area (Å²) >= 11 is 11.7. The molecule has 122 valence electrons. The van der Waals surface area contributed by atoms with Crippen molar-refractivity contribution in [1.29, 1.82) is 0 Å². The number of anilines is 1. The van der Waals surface area contributed by atoms with Crippen molar-refractivity contribution in [2.24, 2.45) is 0 Å². The number of hydrogen-bond donors (Lipinski definition) is 2. The first-order valence-electron chi connectivity index (χ1n) is 6.71. The second-order valence-electron chi connectivity index (χ2n) is 4.71. The first-order chi connectivity index (χ1) is 10.4. The Morgan fingerprint density at radius 1 is 1.32 bits per heavy atom. The van der Waals surface area contributed by atoms with Gasteiger partial charge in [-0.1, -0.05) is 23.2 Å². The molecule has 0 aliphatic carbocycles. The predicted molar refractivity (Wildman–Crippen MR) is 81.8 cm³/mol. The molecule has 0 bridgehead atoms. The molecule has 0 unspecified atom stereocenters. The summed E-state index contributed by atoms with van der Waals surface area (Å²) < 4.78 is 4.88. The summed E-state index contributed by atoms with van der Waals surface area (Å²) in [5.41, 5.74) is 0.416. The second kappa shape index (κ2) is 9.63. The van der Waals surface area contributed by atoms with Crippen molar-refractivity contribution >= 4 is 40.8 Å². The smallest absolute Gasteiger partial charge is 0.230 e. The molecule has 0 spiro atoms. The van der Waals surface area contributed by atoms with E-state index in [0.29, 0.717) is 35.3 Å². The summed E-state index contributed by atoms with van der Waals surface area (Å²) in [6, 6.07) is 3.64. The quantitative estimate of drug-likeness (QED) is 0.616. The van der Waals surface area contributed by atoms with Crippen molar-refractivity contribution < 1.29 is 24.7 Å². The first-order valence-corrected chi connectivity index (χ1v) is 7.47. The van der Waals surface area contributed by atoms with Gasteiger partial charge in [-0.2, -0.15) is 0 Å². The van der Waals surface area contributed by atoms with E-state index in [-0.39, 0.29) is 6.42 Å². The van der Waals surface area contributed by atoms with Gasteiger partial charge in [0.25, 0.3) is 0 Å². The number of nitrogens with one attached hydrogen (secondary N) is 1. The lowest BCUT2D eigenvalue weighted by molar-refractivity contribution is -0.682. The fraction of sp³-hybridized carbons (Fsp3) is 0.429. The number of benzene rings is 1. The maximum atomic E-state index is 11.9. The van der Waals surface area contributed by atoms with Crippen molar-refractivity contribution in [2.45, 2.75) is 18.9 Å². The van der Waals surface area contributed by atoms with Crippen LogP contribution in [0, 0.1) is 0 Å². The molecule has 1 rings (SSSR count). The van der Waals surface area contributed by atoms with E-state index in [0.717, 1.165) is 0 Å². The van der Waals surface area contributed by atoms with Crippen LogP contribution in [0.15, 0.2) is 18.2 Å². The fourth-order valence-corrected chi connectivity index (χ4v) is 2.37. The van der Waals surface area contributed by atoms with Gasteiger partial charge in [-0.3, -0.25) is 4.79 Å². The van der Waals surface area contributed by atoms with Crippen molar-refractivity contribution in [3.63, 3.8) is 0 Å². The maximum absolute atomic E-state index is 11.9. The van der Waals surface area contributed by atoms with E-state index in [1.807, 2.05) is 0 Å². The predicted octanol–water partition coefficient (Wildman–Crippen LogP) is 0.0404.